The molecule has 43 heavy (non-hydrogen) atoms. The average molecular weight is 622 g/mol. The van der Waals surface area contributed by atoms with Crippen LogP contribution in [-0.4, -0.2) is 47.3 Å². The lowest BCUT2D eigenvalue weighted by Gasteiger charge is -2.23. The van der Waals surface area contributed by atoms with Crippen molar-refractivity contribution in [3.63, 3.8) is 0 Å². The van der Waals surface area contributed by atoms with Crippen molar-refractivity contribution in [3.8, 4) is 17.2 Å². The monoisotopic (exact) mass is 621 g/mol. The Kier molecular flexibility index (Phi) is 9.27. The third kappa shape index (κ3) is 6.20. The number of carbonyl (C=O) groups excluding carboxylic acids is 2. The number of nitrogens with zero attached hydrogens (tertiary/aromatic N) is 3. The highest BCUT2D eigenvalue weighted by molar-refractivity contribution is 8.00. The summed E-state index contributed by atoms with van der Waals surface area (Å²) in [5.74, 6) is -0.621. The van der Waals surface area contributed by atoms with Crippen LogP contribution < -0.4 is 19.1 Å². The molecule has 2 heterocycles. The number of amides is 1. The van der Waals surface area contributed by atoms with Crippen molar-refractivity contribution in [2.24, 2.45) is 0 Å². The molecule has 0 aliphatic carbocycles. The molecule has 0 bridgehead atoms. The van der Waals surface area contributed by atoms with Crippen molar-refractivity contribution >= 4 is 45.7 Å². The minimum absolute atomic E-state index is 0.113. The highest BCUT2D eigenvalue weighted by Crippen LogP contribution is 2.45. The number of aromatic nitrogens is 2. The Morgan fingerprint density at radius 3 is 2.42 bits per heavy atom. The van der Waals surface area contributed by atoms with Gasteiger partial charge in [-0.1, -0.05) is 47.4 Å². The fourth-order valence-corrected chi connectivity index (χ4v) is 6.45. The van der Waals surface area contributed by atoms with E-state index in [0.717, 1.165) is 11.3 Å². The molecule has 0 spiro atoms. The summed E-state index contributed by atoms with van der Waals surface area (Å²) in [5, 5.41) is 20.0. The first-order valence-corrected chi connectivity index (χ1v) is 15.2. The Balaban J connectivity index is 1.59. The van der Waals surface area contributed by atoms with Gasteiger partial charge < -0.3 is 19.3 Å². The number of hydrogen-bond donors (Lipinski definition) is 1. The van der Waals surface area contributed by atoms with Crippen LogP contribution in [0.5, 0.6) is 17.2 Å². The Labute approximate surface area is 255 Å². The third-order valence-corrected chi connectivity index (χ3v) is 8.71. The van der Waals surface area contributed by atoms with Crippen molar-refractivity contribution in [2.45, 2.75) is 30.0 Å². The highest BCUT2D eigenvalue weighted by Gasteiger charge is 2.48. The van der Waals surface area contributed by atoms with E-state index in [2.05, 4.69) is 10.2 Å². The lowest BCUT2D eigenvalue weighted by molar-refractivity contribution is -0.132. The zero-order chi connectivity index (χ0) is 30.5. The van der Waals surface area contributed by atoms with Crippen molar-refractivity contribution in [2.75, 3.05) is 25.2 Å². The van der Waals surface area contributed by atoms with Crippen molar-refractivity contribution in [1.82, 2.24) is 10.2 Å². The number of aliphatic hydroxyl groups excluding tert-OH is 1. The lowest BCUT2D eigenvalue weighted by Crippen LogP contribution is -2.29. The molecule has 1 aromatic heterocycles. The number of aliphatic hydroxyl groups is 1. The van der Waals surface area contributed by atoms with E-state index in [4.69, 9.17) is 14.2 Å². The second kappa shape index (κ2) is 13.3. The average Bonchev–Trinajstić information content (AvgIpc) is 3.59. The Morgan fingerprint density at radius 1 is 1.00 bits per heavy atom. The fourth-order valence-electron chi connectivity index (χ4n) is 4.60. The van der Waals surface area contributed by atoms with Gasteiger partial charge in [-0.25, -0.2) is 4.39 Å². The molecule has 1 N–H and O–H groups in total. The second-order valence-electron chi connectivity index (χ2n) is 9.20. The SMILES string of the molecule is CCOc1ccc(C2C(=C(O)c3ccc(OC)cc3)C(=O)C(=O)N2c2nnc(SCc3ccccc3F)s2)cc1OCC. The van der Waals surface area contributed by atoms with Gasteiger partial charge in [-0.3, -0.25) is 14.5 Å². The molecular weight excluding hydrogens is 593 g/mol. The molecule has 12 heteroatoms. The van der Waals surface area contributed by atoms with Crippen LogP contribution in [0.1, 0.15) is 36.6 Å². The second-order valence-corrected chi connectivity index (χ2v) is 11.4. The predicted molar refractivity (Wildman–Crippen MR) is 162 cm³/mol. The zero-order valence-electron chi connectivity index (χ0n) is 23.6. The number of carbonyl (C=O) groups is 2. The molecule has 222 valence electrons. The van der Waals surface area contributed by atoms with Crippen LogP contribution in [0.15, 0.2) is 76.6 Å². The summed E-state index contributed by atoms with van der Waals surface area (Å²) in [7, 11) is 1.52. The number of Topliss-reactive ketones (excluding diaryl/α,β-unsaturated/α-hetero) is 1. The van der Waals surface area contributed by atoms with Crippen LogP contribution in [0.4, 0.5) is 9.52 Å². The van der Waals surface area contributed by atoms with Crippen LogP contribution in [0.2, 0.25) is 0 Å². The Hall–Kier alpha value is -4.42. The minimum atomic E-state index is -1.05. The number of rotatable bonds is 11. The smallest absolute Gasteiger partial charge is 0.301 e. The van der Waals surface area contributed by atoms with Gasteiger partial charge in [0.05, 0.1) is 31.9 Å². The van der Waals surface area contributed by atoms with E-state index < -0.39 is 17.7 Å². The van der Waals surface area contributed by atoms with Gasteiger partial charge in [-0.2, -0.15) is 0 Å². The Bertz CT molecular complexity index is 1670. The van der Waals surface area contributed by atoms with E-state index in [1.165, 1.54) is 29.8 Å². The zero-order valence-corrected chi connectivity index (χ0v) is 25.2. The first-order valence-electron chi connectivity index (χ1n) is 13.4. The maximum absolute atomic E-state index is 14.2. The van der Waals surface area contributed by atoms with E-state index in [-0.39, 0.29) is 22.3 Å². The van der Waals surface area contributed by atoms with Gasteiger partial charge in [-0.15, -0.1) is 10.2 Å². The van der Waals surface area contributed by atoms with Gasteiger partial charge in [0.2, 0.25) is 5.13 Å². The summed E-state index contributed by atoms with van der Waals surface area (Å²) >= 11 is 2.36. The van der Waals surface area contributed by atoms with Crippen LogP contribution in [0.3, 0.4) is 0 Å². The van der Waals surface area contributed by atoms with Gasteiger partial charge in [0.15, 0.2) is 15.8 Å². The molecule has 0 radical (unpaired) electrons. The lowest BCUT2D eigenvalue weighted by atomic mass is 9.95. The number of anilines is 1. The minimum Gasteiger partial charge on any atom is -0.507 e. The first kappa shape index (κ1) is 30.1. The van der Waals surface area contributed by atoms with E-state index in [0.29, 0.717) is 57.2 Å². The summed E-state index contributed by atoms with van der Waals surface area (Å²) in [4.78, 5) is 28.4. The number of halogens is 1. The van der Waals surface area contributed by atoms with Gasteiger partial charge in [0.1, 0.15) is 17.3 Å². The van der Waals surface area contributed by atoms with Crippen LogP contribution in [-0.2, 0) is 15.3 Å². The fraction of sp³-hybridized carbons (Fsp3) is 0.226. The van der Waals surface area contributed by atoms with Gasteiger partial charge in [-0.05, 0) is 67.4 Å². The largest absolute Gasteiger partial charge is 0.507 e. The number of methoxy groups -OCH3 is 1. The molecule has 1 saturated heterocycles. The van der Waals surface area contributed by atoms with E-state index in [1.807, 2.05) is 13.8 Å². The molecule has 1 fully saturated rings. The maximum atomic E-state index is 14.2. The topological polar surface area (TPSA) is 111 Å². The molecule has 1 unspecified atom stereocenters. The number of hydrogen-bond acceptors (Lipinski definition) is 10. The van der Waals surface area contributed by atoms with Gasteiger partial charge >= 0.3 is 5.91 Å². The van der Waals surface area contributed by atoms with E-state index in [1.54, 1.807) is 60.7 Å². The van der Waals surface area contributed by atoms with Gasteiger partial charge in [0.25, 0.3) is 5.78 Å². The molecule has 3 aromatic carbocycles. The summed E-state index contributed by atoms with van der Waals surface area (Å²) in [5.41, 5.74) is 1.22. The molecule has 0 saturated carbocycles. The number of ether oxygens (including phenoxy) is 3. The number of thioether (sulfide) groups is 1. The van der Waals surface area contributed by atoms with Crippen LogP contribution in [0.25, 0.3) is 5.76 Å². The van der Waals surface area contributed by atoms with Crippen LogP contribution in [0, 0.1) is 5.82 Å². The van der Waals surface area contributed by atoms with E-state index in [9.17, 15) is 19.1 Å². The van der Waals surface area contributed by atoms with Crippen molar-refractivity contribution in [1.29, 1.82) is 0 Å². The highest BCUT2D eigenvalue weighted by atomic mass is 32.2. The summed E-state index contributed by atoms with van der Waals surface area (Å²) in [6.45, 7) is 4.45. The van der Waals surface area contributed by atoms with E-state index >= 15 is 0 Å². The molecule has 4 aromatic rings. The number of benzene rings is 3. The molecule has 1 aliphatic heterocycles. The van der Waals surface area contributed by atoms with Crippen LogP contribution >= 0.6 is 23.1 Å². The maximum Gasteiger partial charge on any atom is 0.301 e. The molecule has 9 nitrogen and oxygen atoms in total. The molecule has 1 aliphatic rings. The Morgan fingerprint density at radius 2 is 1.72 bits per heavy atom. The first-order chi connectivity index (χ1) is 20.9. The summed E-state index contributed by atoms with van der Waals surface area (Å²) < 4.78 is 31.4. The van der Waals surface area contributed by atoms with Crippen molar-refractivity contribution in [3.05, 3.63) is 94.8 Å². The molecule has 5 rings (SSSR count). The summed E-state index contributed by atoms with van der Waals surface area (Å²) in [6.07, 6.45) is 0. The molecule has 1 amide bonds. The summed E-state index contributed by atoms with van der Waals surface area (Å²) in [6, 6.07) is 17.0. The third-order valence-electron chi connectivity index (χ3n) is 6.60. The van der Waals surface area contributed by atoms with Crippen molar-refractivity contribution < 1.29 is 33.3 Å². The standard InChI is InChI=1S/C31H28FN3O6S2/c1-4-40-23-15-12-19(16-24(23)41-5-2)26-25(27(36)18-10-13-21(39-3)14-11-18)28(37)29(38)35(26)30-33-34-31(43-30)42-17-20-8-6-7-9-22(20)32/h6-16,26,36H,4-5,17H2,1-3H3. The molecule has 1 atom stereocenters. The quantitative estimate of drug-likeness (QED) is 0.0668. The predicted octanol–water partition coefficient (Wildman–Crippen LogP) is 6.40. The molecular formula is C31H28FN3O6S2. The normalized spacial score (nSPS) is 16.0. The van der Waals surface area contributed by atoms with Gasteiger partial charge in [0, 0.05) is 11.3 Å². The number of ketones is 1.